The standard InChI is InChI=1S/C16H21NO2/c1-3-14(17)16(15-10-7-11-18-15)19-12(2)13-8-5-4-6-9-13/h4-12,14,16H,3,17H2,1-2H3. The molecule has 3 unspecified atom stereocenters. The van der Waals surface area contributed by atoms with Gasteiger partial charge in [0, 0.05) is 6.04 Å². The van der Waals surface area contributed by atoms with Crippen LogP contribution in [0.4, 0.5) is 0 Å². The average Bonchev–Trinajstić information content (AvgIpc) is 2.98. The summed E-state index contributed by atoms with van der Waals surface area (Å²) in [5, 5.41) is 0. The molecule has 1 aromatic carbocycles. The van der Waals surface area contributed by atoms with Crippen LogP contribution in [-0.2, 0) is 4.74 Å². The molecule has 0 amide bonds. The molecular weight excluding hydrogens is 238 g/mol. The first kappa shape index (κ1) is 13.8. The van der Waals surface area contributed by atoms with Gasteiger partial charge in [-0.05, 0) is 31.0 Å². The van der Waals surface area contributed by atoms with E-state index in [-0.39, 0.29) is 18.2 Å². The van der Waals surface area contributed by atoms with E-state index >= 15 is 0 Å². The number of rotatable bonds is 6. The molecule has 3 heteroatoms. The Balaban J connectivity index is 2.13. The van der Waals surface area contributed by atoms with E-state index in [1.165, 1.54) is 0 Å². The zero-order valence-corrected chi connectivity index (χ0v) is 11.5. The SMILES string of the molecule is CCC(N)C(OC(C)c1ccccc1)c1ccco1. The summed E-state index contributed by atoms with van der Waals surface area (Å²) in [6.07, 6.45) is 2.26. The maximum absolute atomic E-state index is 6.15. The Kier molecular flexibility index (Phi) is 4.77. The van der Waals surface area contributed by atoms with Crippen LogP contribution in [0.1, 0.15) is 43.8 Å². The number of hydrogen-bond donors (Lipinski definition) is 1. The minimum absolute atomic E-state index is 0.0195. The van der Waals surface area contributed by atoms with Crippen LogP contribution in [0.25, 0.3) is 0 Å². The van der Waals surface area contributed by atoms with Gasteiger partial charge < -0.3 is 14.9 Å². The molecule has 0 aliphatic rings. The third kappa shape index (κ3) is 3.46. The van der Waals surface area contributed by atoms with Gasteiger partial charge in [-0.1, -0.05) is 37.3 Å². The Morgan fingerprint density at radius 3 is 2.47 bits per heavy atom. The van der Waals surface area contributed by atoms with Crippen LogP contribution < -0.4 is 5.73 Å². The molecule has 0 bridgehead atoms. The molecule has 0 fully saturated rings. The quantitative estimate of drug-likeness (QED) is 0.857. The normalized spacial score (nSPS) is 15.9. The second-order valence-corrected chi connectivity index (χ2v) is 4.70. The van der Waals surface area contributed by atoms with Crippen molar-refractivity contribution >= 4 is 0 Å². The molecule has 2 rings (SSSR count). The highest BCUT2D eigenvalue weighted by Gasteiger charge is 2.24. The van der Waals surface area contributed by atoms with Crippen LogP contribution in [0.2, 0.25) is 0 Å². The Morgan fingerprint density at radius 1 is 1.16 bits per heavy atom. The predicted molar refractivity (Wildman–Crippen MR) is 75.7 cm³/mol. The lowest BCUT2D eigenvalue weighted by Crippen LogP contribution is -2.30. The molecule has 0 aliphatic carbocycles. The molecule has 0 saturated heterocycles. The second-order valence-electron chi connectivity index (χ2n) is 4.70. The summed E-state index contributed by atoms with van der Waals surface area (Å²) in [7, 11) is 0. The number of ether oxygens (including phenoxy) is 1. The number of nitrogens with two attached hydrogens (primary N) is 1. The monoisotopic (exact) mass is 259 g/mol. The summed E-state index contributed by atoms with van der Waals surface area (Å²) in [5.74, 6) is 0.789. The minimum Gasteiger partial charge on any atom is -0.467 e. The van der Waals surface area contributed by atoms with Gasteiger partial charge in [-0.2, -0.15) is 0 Å². The van der Waals surface area contributed by atoms with Gasteiger partial charge in [-0.15, -0.1) is 0 Å². The van der Waals surface area contributed by atoms with Gasteiger partial charge in [0.25, 0.3) is 0 Å². The molecule has 1 heterocycles. The van der Waals surface area contributed by atoms with Gasteiger partial charge in [-0.25, -0.2) is 0 Å². The van der Waals surface area contributed by atoms with E-state index in [1.807, 2.05) is 37.3 Å². The highest BCUT2D eigenvalue weighted by atomic mass is 16.5. The molecule has 0 saturated carbocycles. The van der Waals surface area contributed by atoms with E-state index in [2.05, 4.69) is 19.1 Å². The van der Waals surface area contributed by atoms with Gasteiger partial charge in [0.15, 0.2) is 0 Å². The fourth-order valence-corrected chi connectivity index (χ4v) is 2.07. The molecule has 3 atom stereocenters. The zero-order chi connectivity index (χ0) is 13.7. The minimum atomic E-state index is -0.213. The first-order chi connectivity index (χ1) is 9.22. The van der Waals surface area contributed by atoms with Crippen molar-refractivity contribution in [3.05, 3.63) is 60.1 Å². The van der Waals surface area contributed by atoms with Crippen LogP contribution in [0.3, 0.4) is 0 Å². The molecule has 2 N–H and O–H groups in total. The number of hydrogen-bond acceptors (Lipinski definition) is 3. The van der Waals surface area contributed by atoms with Gasteiger partial charge in [0.2, 0.25) is 0 Å². The van der Waals surface area contributed by atoms with Crippen LogP contribution in [-0.4, -0.2) is 6.04 Å². The lowest BCUT2D eigenvalue weighted by atomic mass is 10.1. The van der Waals surface area contributed by atoms with E-state index in [9.17, 15) is 0 Å². The van der Waals surface area contributed by atoms with Crippen molar-refractivity contribution in [3.63, 3.8) is 0 Å². The topological polar surface area (TPSA) is 48.4 Å². The highest BCUT2D eigenvalue weighted by molar-refractivity contribution is 5.17. The number of furan rings is 1. The van der Waals surface area contributed by atoms with Crippen LogP contribution in [0.15, 0.2) is 53.1 Å². The van der Waals surface area contributed by atoms with Crippen molar-refractivity contribution in [1.29, 1.82) is 0 Å². The van der Waals surface area contributed by atoms with E-state index < -0.39 is 0 Å². The van der Waals surface area contributed by atoms with Crippen molar-refractivity contribution in [2.45, 2.75) is 38.5 Å². The molecule has 3 nitrogen and oxygen atoms in total. The summed E-state index contributed by atoms with van der Waals surface area (Å²) in [6.45, 7) is 4.09. The van der Waals surface area contributed by atoms with Crippen molar-refractivity contribution in [1.82, 2.24) is 0 Å². The fourth-order valence-electron chi connectivity index (χ4n) is 2.07. The average molecular weight is 259 g/mol. The Hall–Kier alpha value is -1.58. The molecule has 0 spiro atoms. The van der Waals surface area contributed by atoms with Gasteiger partial charge in [0.1, 0.15) is 11.9 Å². The molecule has 19 heavy (non-hydrogen) atoms. The van der Waals surface area contributed by atoms with E-state index in [1.54, 1.807) is 6.26 Å². The molecule has 0 radical (unpaired) electrons. The maximum atomic E-state index is 6.15. The van der Waals surface area contributed by atoms with E-state index in [0.29, 0.717) is 0 Å². The summed E-state index contributed by atoms with van der Waals surface area (Å²) >= 11 is 0. The first-order valence-corrected chi connectivity index (χ1v) is 6.71. The van der Waals surface area contributed by atoms with Crippen molar-refractivity contribution < 1.29 is 9.15 Å². The third-order valence-electron chi connectivity index (χ3n) is 3.30. The number of benzene rings is 1. The fraction of sp³-hybridized carbons (Fsp3) is 0.375. The smallest absolute Gasteiger partial charge is 0.134 e. The van der Waals surface area contributed by atoms with Crippen molar-refractivity contribution in [3.8, 4) is 0 Å². The highest BCUT2D eigenvalue weighted by Crippen LogP contribution is 2.29. The Labute approximate surface area is 114 Å². The van der Waals surface area contributed by atoms with E-state index in [0.717, 1.165) is 17.7 Å². The molecule has 0 aliphatic heterocycles. The molecule has 2 aromatic rings. The lowest BCUT2D eigenvalue weighted by molar-refractivity contribution is -0.0311. The lowest BCUT2D eigenvalue weighted by Gasteiger charge is -2.25. The van der Waals surface area contributed by atoms with E-state index in [4.69, 9.17) is 14.9 Å². The first-order valence-electron chi connectivity index (χ1n) is 6.71. The van der Waals surface area contributed by atoms with Crippen LogP contribution in [0, 0.1) is 0 Å². The van der Waals surface area contributed by atoms with Gasteiger partial charge in [0.05, 0.1) is 12.4 Å². The molecule has 102 valence electrons. The zero-order valence-electron chi connectivity index (χ0n) is 11.5. The van der Waals surface area contributed by atoms with Gasteiger partial charge in [-0.3, -0.25) is 0 Å². The second kappa shape index (κ2) is 6.55. The predicted octanol–water partition coefficient (Wildman–Crippen LogP) is 3.84. The van der Waals surface area contributed by atoms with Crippen molar-refractivity contribution in [2.75, 3.05) is 0 Å². The van der Waals surface area contributed by atoms with Crippen molar-refractivity contribution in [2.24, 2.45) is 5.73 Å². The van der Waals surface area contributed by atoms with Gasteiger partial charge >= 0.3 is 0 Å². The summed E-state index contributed by atoms with van der Waals surface area (Å²) in [4.78, 5) is 0. The largest absolute Gasteiger partial charge is 0.467 e. The molecule has 1 aromatic heterocycles. The summed E-state index contributed by atoms with van der Waals surface area (Å²) < 4.78 is 11.6. The summed E-state index contributed by atoms with van der Waals surface area (Å²) in [5.41, 5.74) is 7.29. The Morgan fingerprint density at radius 2 is 1.89 bits per heavy atom. The van der Waals surface area contributed by atoms with Crippen LogP contribution >= 0.6 is 0 Å². The third-order valence-corrected chi connectivity index (χ3v) is 3.30. The van der Waals surface area contributed by atoms with Crippen LogP contribution in [0.5, 0.6) is 0 Å². The molecular formula is C16H21NO2. The Bertz CT molecular complexity index is 467. The summed E-state index contributed by atoms with van der Waals surface area (Å²) in [6, 6.07) is 13.8. The maximum Gasteiger partial charge on any atom is 0.134 e.